The SMILES string of the molecule is Cc1cccc(CSCCNC(=O)c2ccc(C)c(C)c2)c1. The second kappa shape index (κ2) is 8.04. The average Bonchev–Trinajstić information content (AvgIpc) is 2.49. The van der Waals surface area contributed by atoms with E-state index in [-0.39, 0.29) is 5.91 Å². The summed E-state index contributed by atoms with van der Waals surface area (Å²) in [6.45, 7) is 6.89. The van der Waals surface area contributed by atoms with Crippen LogP contribution in [0.3, 0.4) is 0 Å². The molecule has 22 heavy (non-hydrogen) atoms. The molecule has 0 saturated carbocycles. The first-order chi connectivity index (χ1) is 10.6. The smallest absolute Gasteiger partial charge is 0.251 e. The van der Waals surface area contributed by atoms with Crippen LogP contribution in [0.15, 0.2) is 42.5 Å². The summed E-state index contributed by atoms with van der Waals surface area (Å²) in [5.41, 5.74) is 5.74. The van der Waals surface area contributed by atoms with E-state index in [1.165, 1.54) is 16.7 Å². The molecule has 0 unspecified atom stereocenters. The van der Waals surface area contributed by atoms with Crippen molar-refractivity contribution in [3.05, 3.63) is 70.3 Å². The Labute approximate surface area is 137 Å². The van der Waals surface area contributed by atoms with Gasteiger partial charge < -0.3 is 5.32 Å². The number of aryl methyl sites for hydroxylation is 3. The van der Waals surface area contributed by atoms with E-state index in [2.05, 4.69) is 43.4 Å². The fourth-order valence-electron chi connectivity index (χ4n) is 2.21. The summed E-state index contributed by atoms with van der Waals surface area (Å²) < 4.78 is 0. The molecule has 2 aromatic carbocycles. The van der Waals surface area contributed by atoms with Gasteiger partial charge in [0.2, 0.25) is 0 Å². The van der Waals surface area contributed by atoms with Crippen LogP contribution < -0.4 is 5.32 Å². The highest BCUT2D eigenvalue weighted by molar-refractivity contribution is 7.98. The maximum atomic E-state index is 12.1. The van der Waals surface area contributed by atoms with Crippen LogP contribution >= 0.6 is 11.8 Å². The number of thioether (sulfide) groups is 1. The molecule has 0 aromatic heterocycles. The second-order valence-electron chi connectivity index (χ2n) is 5.60. The number of carbonyl (C=O) groups is 1. The number of rotatable bonds is 6. The number of carbonyl (C=O) groups excluding carboxylic acids is 1. The minimum atomic E-state index is 0.0132. The first-order valence-electron chi connectivity index (χ1n) is 7.55. The molecule has 1 amide bonds. The zero-order valence-electron chi connectivity index (χ0n) is 13.5. The summed E-state index contributed by atoms with van der Waals surface area (Å²) in [6.07, 6.45) is 0. The Morgan fingerprint density at radius 2 is 1.86 bits per heavy atom. The third-order valence-electron chi connectivity index (χ3n) is 3.65. The molecule has 0 radical (unpaired) electrons. The monoisotopic (exact) mass is 313 g/mol. The third kappa shape index (κ3) is 4.92. The van der Waals surface area contributed by atoms with Gasteiger partial charge in [-0.3, -0.25) is 4.79 Å². The van der Waals surface area contributed by atoms with Gasteiger partial charge in [-0.25, -0.2) is 0 Å². The largest absolute Gasteiger partial charge is 0.351 e. The summed E-state index contributed by atoms with van der Waals surface area (Å²) >= 11 is 1.84. The van der Waals surface area contributed by atoms with Crippen LogP contribution in [0.5, 0.6) is 0 Å². The molecule has 0 heterocycles. The van der Waals surface area contributed by atoms with E-state index in [9.17, 15) is 4.79 Å². The molecule has 3 heteroatoms. The highest BCUT2D eigenvalue weighted by Crippen LogP contribution is 2.13. The van der Waals surface area contributed by atoms with Crippen molar-refractivity contribution in [3.63, 3.8) is 0 Å². The average molecular weight is 313 g/mol. The number of hydrogen-bond donors (Lipinski definition) is 1. The van der Waals surface area contributed by atoms with Gasteiger partial charge in [-0.05, 0) is 49.6 Å². The topological polar surface area (TPSA) is 29.1 Å². The Morgan fingerprint density at radius 3 is 2.59 bits per heavy atom. The molecule has 1 N–H and O–H groups in total. The standard InChI is InChI=1S/C19H23NOS/c1-14-5-4-6-17(11-14)13-22-10-9-20-19(21)18-8-7-15(2)16(3)12-18/h4-8,11-12H,9-10,13H2,1-3H3,(H,20,21). The van der Waals surface area contributed by atoms with Gasteiger partial charge in [0.05, 0.1) is 0 Å². The molecule has 0 spiro atoms. The molecular weight excluding hydrogens is 290 g/mol. The third-order valence-corrected chi connectivity index (χ3v) is 4.68. The van der Waals surface area contributed by atoms with E-state index in [0.717, 1.165) is 22.6 Å². The Kier molecular flexibility index (Phi) is 6.08. The molecule has 2 aromatic rings. The van der Waals surface area contributed by atoms with Crippen molar-refractivity contribution in [2.24, 2.45) is 0 Å². The summed E-state index contributed by atoms with van der Waals surface area (Å²) in [6, 6.07) is 14.4. The van der Waals surface area contributed by atoms with E-state index < -0.39 is 0 Å². The number of benzene rings is 2. The minimum absolute atomic E-state index is 0.0132. The minimum Gasteiger partial charge on any atom is -0.351 e. The second-order valence-corrected chi connectivity index (χ2v) is 6.70. The van der Waals surface area contributed by atoms with Crippen LogP contribution in [0.4, 0.5) is 0 Å². The molecule has 0 aliphatic heterocycles. The van der Waals surface area contributed by atoms with Gasteiger partial charge in [0.25, 0.3) is 5.91 Å². The first kappa shape index (κ1) is 16.6. The molecular formula is C19H23NOS. The molecule has 116 valence electrons. The molecule has 0 aliphatic carbocycles. The molecule has 2 rings (SSSR count). The Hall–Kier alpha value is -1.74. The molecule has 0 saturated heterocycles. The van der Waals surface area contributed by atoms with Crippen molar-refractivity contribution in [1.82, 2.24) is 5.32 Å². The highest BCUT2D eigenvalue weighted by Gasteiger charge is 2.05. The van der Waals surface area contributed by atoms with E-state index in [0.29, 0.717) is 6.54 Å². The molecule has 2 nitrogen and oxygen atoms in total. The summed E-state index contributed by atoms with van der Waals surface area (Å²) in [5, 5.41) is 2.98. The Balaban J connectivity index is 1.72. The lowest BCUT2D eigenvalue weighted by atomic mass is 10.1. The van der Waals surface area contributed by atoms with Gasteiger partial charge in [0.15, 0.2) is 0 Å². The van der Waals surface area contributed by atoms with Crippen LogP contribution in [-0.2, 0) is 5.75 Å². The van der Waals surface area contributed by atoms with E-state index in [1.54, 1.807) is 0 Å². The van der Waals surface area contributed by atoms with Crippen molar-refractivity contribution in [2.45, 2.75) is 26.5 Å². The number of nitrogens with one attached hydrogen (secondary N) is 1. The van der Waals surface area contributed by atoms with Gasteiger partial charge in [-0.15, -0.1) is 0 Å². The van der Waals surface area contributed by atoms with Crippen molar-refractivity contribution in [2.75, 3.05) is 12.3 Å². The van der Waals surface area contributed by atoms with E-state index in [4.69, 9.17) is 0 Å². The van der Waals surface area contributed by atoms with Crippen LogP contribution in [0.25, 0.3) is 0 Å². The maximum absolute atomic E-state index is 12.1. The lowest BCUT2D eigenvalue weighted by Crippen LogP contribution is -2.25. The fourth-order valence-corrected chi connectivity index (χ4v) is 3.02. The van der Waals surface area contributed by atoms with Gasteiger partial charge in [-0.1, -0.05) is 35.9 Å². The Morgan fingerprint density at radius 1 is 1.05 bits per heavy atom. The maximum Gasteiger partial charge on any atom is 0.251 e. The van der Waals surface area contributed by atoms with E-state index >= 15 is 0 Å². The van der Waals surface area contributed by atoms with Crippen LogP contribution in [0, 0.1) is 20.8 Å². The Bertz CT molecular complexity index is 652. The van der Waals surface area contributed by atoms with Crippen molar-refractivity contribution in [3.8, 4) is 0 Å². The van der Waals surface area contributed by atoms with Gasteiger partial charge in [0.1, 0.15) is 0 Å². The van der Waals surface area contributed by atoms with Gasteiger partial charge >= 0.3 is 0 Å². The predicted octanol–water partition coefficient (Wildman–Crippen LogP) is 4.28. The number of hydrogen-bond acceptors (Lipinski definition) is 2. The molecule has 0 fully saturated rings. The van der Waals surface area contributed by atoms with Crippen LogP contribution in [0.2, 0.25) is 0 Å². The zero-order valence-corrected chi connectivity index (χ0v) is 14.3. The van der Waals surface area contributed by atoms with Crippen molar-refractivity contribution < 1.29 is 4.79 Å². The zero-order chi connectivity index (χ0) is 15.9. The van der Waals surface area contributed by atoms with Gasteiger partial charge in [0, 0.05) is 23.6 Å². The normalized spacial score (nSPS) is 10.5. The van der Waals surface area contributed by atoms with Crippen LogP contribution in [-0.4, -0.2) is 18.2 Å². The summed E-state index contributed by atoms with van der Waals surface area (Å²) in [4.78, 5) is 12.1. The summed E-state index contributed by atoms with van der Waals surface area (Å²) in [7, 11) is 0. The van der Waals surface area contributed by atoms with Crippen molar-refractivity contribution in [1.29, 1.82) is 0 Å². The molecule has 0 bridgehead atoms. The highest BCUT2D eigenvalue weighted by atomic mass is 32.2. The quantitative estimate of drug-likeness (QED) is 0.807. The lowest BCUT2D eigenvalue weighted by molar-refractivity contribution is 0.0956. The van der Waals surface area contributed by atoms with E-state index in [1.807, 2.05) is 36.9 Å². The first-order valence-corrected chi connectivity index (χ1v) is 8.70. The van der Waals surface area contributed by atoms with Crippen LogP contribution in [0.1, 0.15) is 32.6 Å². The predicted molar refractivity (Wildman–Crippen MR) is 95.6 cm³/mol. The van der Waals surface area contributed by atoms with Crippen molar-refractivity contribution >= 4 is 17.7 Å². The number of amides is 1. The summed E-state index contributed by atoms with van der Waals surface area (Å²) in [5.74, 6) is 1.92. The fraction of sp³-hybridized carbons (Fsp3) is 0.316. The lowest BCUT2D eigenvalue weighted by Gasteiger charge is -2.07. The molecule has 0 aliphatic rings. The molecule has 0 atom stereocenters. The van der Waals surface area contributed by atoms with Gasteiger partial charge in [-0.2, -0.15) is 11.8 Å².